The van der Waals surface area contributed by atoms with Gasteiger partial charge in [0.05, 0.1) is 0 Å². The summed E-state index contributed by atoms with van der Waals surface area (Å²) in [5, 5.41) is -0.616. The van der Waals surface area contributed by atoms with E-state index in [2.05, 4.69) is 0 Å². The molecule has 0 aromatic heterocycles. The van der Waals surface area contributed by atoms with Crippen molar-refractivity contribution in [1.29, 1.82) is 0 Å². The van der Waals surface area contributed by atoms with Crippen LogP contribution in [-0.4, -0.2) is 46.5 Å². The van der Waals surface area contributed by atoms with E-state index in [9.17, 15) is 9.59 Å². The molecule has 2 atom stereocenters. The van der Waals surface area contributed by atoms with Crippen molar-refractivity contribution in [1.82, 2.24) is 9.80 Å². The van der Waals surface area contributed by atoms with Gasteiger partial charge >= 0.3 is 0 Å². The number of hydrogen-bond acceptors (Lipinski definition) is 4. The van der Waals surface area contributed by atoms with Crippen LogP contribution in [0.4, 0.5) is 0 Å². The van der Waals surface area contributed by atoms with Gasteiger partial charge in [-0.2, -0.15) is 0 Å². The molecule has 3 aliphatic heterocycles. The Labute approximate surface area is 78.0 Å². The van der Waals surface area contributed by atoms with Crippen molar-refractivity contribution in [3.63, 3.8) is 0 Å². The van der Waals surface area contributed by atoms with Gasteiger partial charge in [0.15, 0.2) is 10.7 Å². The summed E-state index contributed by atoms with van der Waals surface area (Å²) in [6.07, 6.45) is 0. The molecular formula is C6H8N2O2S2. The van der Waals surface area contributed by atoms with E-state index in [0.29, 0.717) is 0 Å². The van der Waals surface area contributed by atoms with Gasteiger partial charge in [0.2, 0.25) is 0 Å². The highest BCUT2D eigenvalue weighted by molar-refractivity contribution is 8.77. The van der Waals surface area contributed by atoms with E-state index >= 15 is 0 Å². The summed E-state index contributed by atoms with van der Waals surface area (Å²) >= 11 is 0. The number of fused-ring (bicyclic) bond motifs is 3. The fourth-order valence-electron chi connectivity index (χ4n) is 1.23. The lowest BCUT2D eigenvalue weighted by Gasteiger charge is -2.45. The normalized spacial score (nSPS) is 34.8. The quantitative estimate of drug-likeness (QED) is 0.519. The first-order chi connectivity index (χ1) is 5.63. The van der Waals surface area contributed by atoms with Gasteiger partial charge in [-0.15, -0.1) is 0 Å². The molecule has 12 heavy (non-hydrogen) atoms. The van der Waals surface area contributed by atoms with Crippen LogP contribution in [0.2, 0.25) is 0 Å². The molecule has 2 bridgehead atoms. The molecule has 3 fully saturated rings. The van der Waals surface area contributed by atoms with Crippen LogP contribution in [0.5, 0.6) is 0 Å². The maximum absolute atomic E-state index is 11.4. The molecule has 3 heterocycles. The number of likely N-dealkylation sites (N-methyl/N-ethyl adjacent to an activating group) is 2. The van der Waals surface area contributed by atoms with E-state index in [1.165, 1.54) is 31.4 Å². The molecule has 0 aliphatic carbocycles. The van der Waals surface area contributed by atoms with Crippen molar-refractivity contribution < 1.29 is 9.59 Å². The average molecular weight is 204 g/mol. The smallest absolute Gasteiger partial charge is 0.257 e. The minimum Gasteiger partial charge on any atom is -0.322 e. The Morgan fingerprint density at radius 2 is 1.33 bits per heavy atom. The van der Waals surface area contributed by atoms with Crippen LogP contribution in [0.15, 0.2) is 0 Å². The van der Waals surface area contributed by atoms with Crippen molar-refractivity contribution in [3.8, 4) is 0 Å². The lowest BCUT2D eigenvalue weighted by molar-refractivity contribution is -0.150. The topological polar surface area (TPSA) is 40.6 Å². The lowest BCUT2D eigenvalue weighted by atomic mass is 10.3. The highest BCUT2D eigenvalue weighted by Gasteiger charge is 2.48. The number of amides is 2. The third-order valence-electron chi connectivity index (χ3n) is 2.06. The van der Waals surface area contributed by atoms with Crippen LogP contribution in [0.3, 0.4) is 0 Å². The van der Waals surface area contributed by atoms with Gasteiger partial charge in [-0.3, -0.25) is 9.59 Å². The van der Waals surface area contributed by atoms with Crippen molar-refractivity contribution >= 4 is 33.4 Å². The van der Waals surface area contributed by atoms with Gasteiger partial charge in [0.25, 0.3) is 11.8 Å². The zero-order valence-corrected chi connectivity index (χ0v) is 8.32. The Morgan fingerprint density at radius 3 is 1.67 bits per heavy atom. The van der Waals surface area contributed by atoms with E-state index in [0.717, 1.165) is 0 Å². The minimum atomic E-state index is -0.308. The van der Waals surface area contributed by atoms with Gasteiger partial charge in [-0.1, -0.05) is 21.6 Å². The number of nitrogens with zero attached hydrogens (tertiary/aromatic N) is 2. The summed E-state index contributed by atoms with van der Waals surface area (Å²) in [7, 11) is 6.29. The molecule has 4 nitrogen and oxygen atoms in total. The first-order valence-electron chi connectivity index (χ1n) is 3.48. The number of rotatable bonds is 0. The summed E-state index contributed by atoms with van der Waals surface area (Å²) < 4.78 is 0. The number of carbonyl (C=O) groups excluding carboxylic acids is 2. The van der Waals surface area contributed by atoms with Gasteiger partial charge in [-0.25, -0.2) is 0 Å². The summed E-state index contributed by atoms with van der Waals surface area (Å²) in [4.78, 5) is 25.9. The van der Waals surface area contributed by atoms with E-state index in [-0.39, 0.29) is 22.6 Å². The van der Waals surface area contributed by atoms with Crippen LogP contribution < -0.4 is 0 Å². The van der Waals surface area contributed by atoms with Crippen molar-refractivity contribution in [3.05, 3.63) is 0 Å². The standard InChI is InChI=1S/C6H8N2O2S2/c1-7-3(9)6-8(2)4(10)5(7)11-12-6/h5-6H,1-2H3/t5-,6-/m0/s1. The first-order valence-corrected chi connectivity index (χ1v) is 5.76. The largest absolute Gasteiger partial charge is 0.322 e. The molecule has 6 heteroatoms. The molecule has 0 aromatic rings. The van der Waals surface area contributed by atoms with Crippen LogP contribution in [-0.2, 0) is 9.59 Å². The predicted octanol–water partition coefficient (Wildman–Crippen LogP) is -0.0360. The van der Waals surface area contributed by atoms with Gasteiger partial charge in [0, 0.05) is 14.1 Å². The fraction of sp³-hybridized carbons (Fsp3) is 0.667. The van der Waals surface area contributed by atoms with E-state index in [1.807, 2.05) is 0 Å². The SMILES string of the molecule is CN1C(=O)[C@@H]2SS[C@H]1C(=O)N2C. The monoisotopic (exact) mass is 204 g/mol. The fourth-order valence-corrected chi connectivity index (χ4v) is 4.30. The summed E-state index contributed by atoms with van der Waals surface area (Å²) in [5.74, 6) is 0.0664. The lowest BCUT2D eigenvalue weighted by Crippen LogP contribution is -2.62. The molecule has 0 unspecified atom stereocenters. The molecule has 0 aromatic carbocycles. The zero-order valence-electron chi connectivity index (χ0n) is 6.68. The maximum Gasteiger partial charge on any atom is 0.257 e. The Bertz CT molecular complexity index is 232. The summed E-state index contributed by atoms with van der Waals surface area (Å²) in [5.41, 5.74) is 0. The van der Waals surface area contributed by atoms with Crippen LogP contribution in [0, 0.1) is 0 Å². The van der Waals surface area contributed by atoms with Gasteiger partial charge in [-0.05, 0) is 0 Å². The number of piperazine rings is 1. The molecule has 0 N–H and O–H groups in total. The molecule has 3 aliphatic rings. The third kappa shape index (κ3) is 0.877. The number of carbonyl (C=O) groups is 2. The van der Waals surface area contributed by atoms with Crippen molar-refractivity contribution in [2.75, 3.05) is 14.1 Å². The van der Waals surface area contributed by atoms with E-state index in [4.69, 9.17) is 0 Å². The molecule has 0 radical (unpaired) electrons. The molecule has 3 rings (SSSR count). The second-order valence-corrected chi connectivity index (χ2v) is 5.23. The molecular weight excluding hydrogens is 196 g/mol. The second-order valence-electron chi connectivity index (χ2n) is 2.80. The molecule has 66 valence electrons. The summed E-state index contributed by atoms with van der Waals surface area (Å²) in [6.45, 7) is 0. The maximum atomic E-state index is 11.4. The van der Waals surface area contributed by atoms with E-state index < -0.39 is 0 Å². The molecule has 2 amide bonds. The zero-order chi connectivity index (χ0) is 8.88. The number of hydrogen-bond donors (Lipinski definition) is 0. The summed E-state index contributed by atoms with van der Waals surface area (Å²) in [6, 6.07) is 0. The van der Waals surface area contributed by atoms with Crippen LogP contribution in [0.25, 0.3) is 0 Å². The highest BCUT2D eigenvalue weighted by Crippen LogP contribution is 2.44. The van der Waals surface area contributed by atoms with Gasteiger partial charge < -0.3 is 9.80 Å². The first kappa shape index (κ1) is 8.25. The molecule has 0 spiro atoms. The minimum absolute atomic E-state index is 0.0332. The molecule has 3 saturated heterocycles. The Hall–Kier alpha value is -0.360. The highest BCUT2D eigenvalue weighted by atomic mass is 33.1. The molecule has 0 saturated carbocycles. The van der Waals surface area contributed by atoms with Crippen LogP contribution in [0.1, 0.15) is 0 Å². The second kappa shape index (κ2) is 2.56. The van der Waals surface area contributed by atoms with Gasteiger partial charge in [0.1, 0.15) is 0 Å². The predicted molar refractivity (Wildman–Crippen MR) is 48.3 cm³/mol. The van der Waals surface area contributed by atoms with E-state index in [1.54, 1.807) is 14.1 Å². The Morgan fingerprint density at radius 1 is 1.00 bits per heavy atom. The van der Waals surface area contributed by atoms with Crippen LogP contribution >= 0.6 is 21.6 Å². The third-order valence-corrected chi connectivity index (χ3v) is 5.00. The Kier molecular flexibility index (Phi) is 1.76. The average Bonchev–Trinajstić information content (AvgIpc) is 2.05. The Balaban J connectivity index is 2.35. The van der Waals surface area contributed by atoms with Crippen molar-refractivity contribution in [2.45, 2.75) is 10.7 Å². The van der Waals surface area contributed by atoms with Crippen molar-refractivity contribution in [2.24, 2.45) is 0 Å².